The Morgan fingerprint density at radius 1 is 1.28 bits per heavy atom. The van der Waals surface area contributed by atoms with Crippen LogP contribution in [-0.4, -0.2) is 40.7 Å². The predicted octanol–water partition coefficient (Wildman–Crippen LogP) is 3.22. The van der Waals surface area contributed by atoms with Crippen molar-refractivity contribution in [2.45, 2.75) is 38.3 Å². The lowest BCUT2D eigenvalue weighted by molar-refractivity contribution is 0.175. The van der Waals surface area contributed by atoms with E-state index in [1.165, 1.54) is 12.0 Å². The Morgan fingerprint density at radius 2 is 2.12 bits per heavy atom. The normalized spacial score (nSPS) is 17.8. The summed E-state index contributed by atoms with van der Waals surface area (Å²) in [6.07, 6.45) is 9.79. The van der Waals surface area contributed by atoms with Crippen molar-refractivity contribution in [3.8, 4) is 5.75 Å². The minimum atomic E-state index is 0.0165. The molecule has 0 spiro atoms. The molecule has 2 aromatic rings. The molecule has 1 N–H and O–H groups in total. The van der Waals surface area contributed by atoms with Crippen LogP contribution in [0.15, 0.2) is 43.0 Å². The summed E-state index contributed by atoms with van der Waals surface area (Å²) in [6, 6.07) is 8.22. The third-order valence-corrected chi connectivity index (χ3v) is 4.72. The molecular weight excluding hydrogens is 316 g/mol. The van der Waals surface area contributed by atoms with Crippen molar-refractivity contribution < 1.29 is 9.53 Å². The Kier molecular flexibility index (Phi) is 5.93. The standard InChI is InChI=1S/C19H26N4O2/c1-25-17-8-6-16(7-9-17)18-5-3-2-4-12-23(18)19(24)21-11-14-22-13-10-20-15-22/h6-10,13,15,18H,2-5,11-12,14H2,1H3,(H,21,24). The van der Waals surface area contributed by atoms with E-state index in [0.717, 1.165) is 38.1 Å². The lowest BCUT2D eigenvalue weighted by atomic mass is 10.0. The number of aromatic nitrogens is 2. The van der Waals surface area contributed by atoms with Gasteiger partial charge in [0.1, 0.15) is 5.75 Å². The van der Waals surface area contributed by atoms with E-state index in [1.807, 2.05) is 27.8 Å². The third kappa shape index (κ3) is 4.53. The molecule has 1 fully saturated rings. The van der Waals surface area contributed by atoms with Crippen LogP contribution in [-0.2, 0) is 6.54 Å². The number of urea groups is 1. The monoisotopic (exact) mass is 342 g/mol. The van der Waals surface area contributed by atoms with Crippen LogP contribution in [0.3, 0.4) is 0 Å². The molecule has 25 heavy (non-hydrogen) atoms. The summed E-state index contributed by atoms with van der Waals surface area (Å²) in [5.74, 6) is 0.841. The van der Waals surface area contributed by atoms with E-state index in [1.54, 1.807) is 19.6 Å². The van der Waals surface area contributed by atoms with Crippen LogP contribution in [0.2, 0.25) is 0 Å². The minimum Gasteiger partial charge on any atom is -0.497 e. The third-order valence-electron chi connectivity index (χ3n) is 4.72. The lowest BCUT2D eigenvalue weighted by Gasteiger charge is -2.30. The quantitative estimate of drug-likeness (QED) is 0.907. The Labute approximate surface area is 148 Å². The molecule has 1 aromatic heterocycles. The number of methoxy groups -OCH3 is 1. The Hall–Kier alpha value is -2.50. The van der Waals surface area contributed by atoms with Gasteiger partial charge >= 0.3 is 6.03 Å². The maximum absolute atomic E-state index is 12.8. The molecule has 2 heterocycles. The summed E-state index contributed by atoms with van der Waals surface area (Å²) in [5.41, 5.74) is 1.17. The summed E-state index contributed by atoms with van der Waals surface area (Å²) in [7, 11) is 1.67. The SMILES string of the molecule is COc1ccc(C2CCCCCN2C(=O)NCCn2ccnc2)cc1. The van der Waals surface area contributed by atoms with Gasteiger partial charge in [-0.25, -0.2) is 9.78 Å². The first kappa shape index (κ1) is 17.3. The molecule has 1 aliphatic rings. The maximum atomic E-state index is 12.8. The van der Waals surface area contributed by atoms with Crippen LogP contribution in [0.25, 0.3) is 0 Å². The molecule has 1 aromatic carbocycles. The summed E-state index contributed by atoms with van der Waals surface area (Å²) in [5, 5.41) is 3.05. The average Bonchev–Trinajstić information content (AvgIpc) is 3.04. The lowest BCUT2D eigenvalue weighted by Crippen LogP contribution is -2.43. The zero-order valence-corrected chi connectivity index (χ0v) is 14.7. The molecule has 1 unspecified atom stereocenters. The van der Waals surface area contributed by atoms with Gasteiger partial charge in [0.05, 0.1) is 19.5 Å². The van der Waals surface area contributed by atoms with Crippen LogP contribution in [0.1, 0.15) is 37.3 Å². The number of likely N-dealkylation sites (tertiary alicyclic amines) is 1. The van der Waals surface area contributed by atoms with Crippen molar-refractivity contribution in [3.63, 3.8) is 0 Å². The van der Waals surface area contributed by atoms with Crippen molar-refractivity contribution in [1.82, 2.24) is 19.8 Å². The summed E-state index contributed by atoms with van der Waals surface area (Å²) in [6.45, 7) is 2.13. The van der Waals surface area contributed by atoms with E-state index >= 15 is 0 Å². The van der Waals surface area contributed by atoms with Crippen LogP contribution in [0.4, 0.5) is 4.79 Å². The maximum Gasteiger partial charge on any atom is 0.317 e. The fourth-order valence-corrected chi connectivity index (χ4v) is 3.34. The van der Waals surface area contributed by atoms with Crippen LogP contribution in [0, 0.1) is 0 Å². The highest BCUT2D eigenvalue weighted by Crippen LogP contribution is 2.31. The highest BCUT2D eigenvalue weighted by atomic mass is 16.5. The summed E-state index contributed by atoms with van der Waals surface area (Å²) >= 11 is 0. The molecule has 6 heteroatoms. The van der Waals surface area contributed by atoms with Crippen LogP contribution in [0.5, 0.6) is 5.75 Å². The summed E-state index contributed by atoms with van der Waals surface area (Å²) < 4.78 is 7.21. The molecular formula is C19H26N4O2. The van der Waals surface area contributed by atoms with E-state index in [9.17, 15) is 4.79 Å². The van der Waals surface area contributed by atoms with E-state index in [-0.39, 0.29) is 12.1 Å². The molecule has 0 saturated carbocycles. The zero-order valence-electron chi connectivity index (χ0n) is 14.7. The first-order chi connectivity index (χ1) is 12.3. The smallest absolute Gasteiger partial charge is 0.317 e. The van der Waals surface area contributed by atoms with Crippen LogP contribution < -0.4 is 10.1 Å². The molecule has 134 valence electrons. The van der Waals surface area contributed by atoms with E-state index < -0.39 is 0 Å². The fraction of sp³-hybridized carbons (Fsp3) is 0.474. The van der Waals surface area contributed by atoms with Gasteiger partial charge in [0.2, 0.25) is 0 Å². The van der Waals surface area contributed by atoms with Crippen molar-refractivity contribution in [3.05, 3.63) is 48.5 Å². The van der Waals surface area contributed by atoms with Crippen molar-refractivity contribution in [1.29, 1.82) is 0 Å². The van der Waals surface area contributed by atoms with Gasteiger partial charge in [0.15, 0.2) is 0 Å². The highest BCUT2D eigenvalue weighted by molar-refractivity contribution is 5.74. The van der Waals surface area contributed by atoms with Gasteiger partial charge in [-0.1, -0.05) is 25.0 Å². The van der Waals surface area contributed by atoms with Gasteiger partial charge in [-0.2, -0.15) is 0 Å². The number of imidazole rings is 1. The number of nitrogens with zero attached hydrogens (tertiary/aromatic N) is 3. The Bertz CT molecular complexity index is 655. The zero-order chi connectivity index (χ0) is 17.5. The van der Waals surface area contributed by atoms with Gasteiger partial charge in [0, 0.05) is 32.0 Å². The van der Waals surface area contributed by atoms with E-state index in [2.05, 4.69) is 22.4 Å². The first-order valence-corrected chi connectivity index (χ1v) is 8.92. The number of nitrogens with one attached hydrogen (secondary N) is 1. The van der Waals surface area contributed by atoms with E-state index in [4.69, 9.17) is 4.74 Å². The molecule has 1 atom stereocenters. The number of amides is 2. The number of hydrogen-bond donors (Lipinski definition) is 1. The van der Waals surface area contributed by atoms with Gasteiger partial charge in [-0.15, -0.1) is 0 Å². The number of ether oxygens (including phenoxy) is 1. The number of carbonyl (C=O) groups is 1. The molecule has 2 amide bonds. The molecule has 3 rings (SSSR count). The molecule has 1 saturated heterocycles. The van der Waals surface area contributed by atoms with Crippen LogP contribution >= 0.6 is 0 Å². The Morgan fingerprint density at radius 3 is 2.84 bits per heavy atom. The minimum absolute atomic E-state index is 0.0165. The first-order valence-electron chi connectivity index (χ1n) is 8.92. The van der Waals surface area contributed by atoms with Crippen molar-refractivity contribution in [2.75, 3.05) is 20.2 Å². The van der Waals surface area contributed by atoms with E-state index in [0.29, 0.717) is 6.54 Å². The number of benzene rings is 1. The molecule has 6 nitrogen and oxygen atoms in total. The number of carbonyl (C=O) groups excluding carboxylic acids is 1. The molecule has 1 aliphatic heterocycles. The topological polar surface area (TPSA) is 59.4 Å². The van der Waals surface area contributed by atoms with Gasteiger partial charge in [-0.05, 0) is 30.5 Å². The number of hydrogen-bond acceptors (Lipinski definition) is 3. The highest BCUT2D eigenvalue weighted by Gasteiger charge is 2.26. The molecule has 0 aliphatic carbocycles. The van der Waals surface area contributed by atoms with Crippen molar-refractivity contribution in [2.24, 2.45) is 0 Å². The second-order valence-corrected chi connectivity index (χ2v) is 6.36. The predicted molar refractivity (Wildman–Crippen MR) is 96.5 cm³/mol. The second kappa shape index (κ2) is 8.55. The Balaban J connectivity index is 1.65. The van der Waals surface area contributed by atoms with Crippen molar-refractivity contribution >= 4 is 6.03 Å². The largest absolute Gasteiger partial charge is 0.497 e. The van der Waals surface area contributed by atoms with Gasteiger partial charge < -0.3 is 19.5 Å². The number of rotatable bonds is 5. The molecule has 0 radical (unpaired) electrons. The van der Waals surface area contributed by atoms with Gasteiger partial charge in [0.25, 0.3) is 0 Å². The summed E-state index contributed by atoms with van der Waals surface area (Å²) in [4.78, 5) is 18.8. The molecule has 0 bridgehead atoms. The van der Waals surface area contributed by atoms with Gasteiger partial charge in [-0.3, -0.25) is 0 Å². The second-order valence-electron chi connectivity index (χ2n) is 6.36. The average molecular weight is 342 g/mol. The fourth-order valence-electron chi connectivity index (χ4n) is 3.34.